The summed E-state index contributed by atoms with van der Waals surface area (Å²) in [5, 5.41) is 0. The van der Waals surface area contributed by atoms with Crippen molar-refractivity contribution in [3.8, 4) is 11.1 Å². The Bertz CT molecular complexity index is 1080. The van der Waals surface area contributed by atoms with Crippen LogP contribution in [0.3, 0.4) is 0 Å². The van der Waals surface area contributed by atoms with Crippen LogP contribution in [0, 0.1) is 5.92 Å². The average Bonchev–Trinajstić information content (AvgIpc) is 3.21. The molecule has 36 heavy (non-hydrogen) atoms. The molecule has 1 amide bonds. The molecule has 0 spiro atoms. The molecule has 2 aromatic carbocycles. The van der Waals surface area contributed by atoms with Gasteiger partial charge in [0.2, 0.25) is 5.91 Å². The fourth-order valence-corrected chi connectivity index (χ4v) is 5.13. The number of carbonyl (C=O) groups is 1. The molecule has 0 atom stereocenters. The first kappa shape index (κ1) is 26.1. The van der Waals surface area contributed by atoms with Gasteiger partial charge >= 0.3 is 0 Å². The van der Waals surface area contributed by atoms with Crippen molar-refractivity contribution >= 4 is 5.91 Å². The zero-order valence-corrected chi connectivity index (χ0v) is 21.8. The average molecular weight is 486 g/mol. The lowest BCUT2D eigenvalue weighted by atomic mass is 9.83. The predicted octanol–water partition coefficient (Wildman–Crippen LogP) is 6.04. The first-order valence-corrected chi connectivity index (χ1v) is 13.0. The Balaban J connectivity index is 1.67. The molecule has 5 heteroatoms. The SMILES string of the molecule is CCOC(CN(C(=O)[C](Cc1cccnc1)CC1c2ccccc2-c2ccccc21)C(C)C)OCC. The van der Waals surface area contributed by atoms with Crippen molar-refractivity contribution in [2.24, 2.45) is 0 Å². The number of hydrogen-bond acceptors (Lipinski definition) is 4. The van der Waals surface area contributed by atoms with E-state index in [0.717, 1.165) is 11.5 Å². The van der Waals surface area contributed by atoms with Gasteiger partial charge in [0.25, 0.3) is 0 Å². The van der Waals surface area contributed by atoms with Crippen molar-refractivity contribution in [1.82, 2.24) is 9.88 Å². The Morgan fingerprint density at radius 3 is 2.06 bits per heavy atom. The maximum atomic E-state index is 14.2. The highest BCUT2D eigenvalue weighted by Crippen LogP contribution is 2.48. The van der Waals surface area contributed by atoms with E-state index in [1.165, 1.54) is 22.3 Å². The predicted molar refractivity (Wildman–Crippen MR) is 143 cm³/mol. The summed E-state index contributed by atoms with van der Waals surface area (Å²) in [6, 6.07) is 21.1. The van der Waals surface area contributed by atoms with E-state index in [2.05, 4.69) is 67.4 Å². The molecule has 1 aliphatic rings. The molecule has 1 heterocycles. The Morgan fingerprint density at radius 1 is 0.917 bits per heavy atom. The Labute approximate surface area is 215 Å². The quantitative estimate of drug-likeness (QED) is 0.294. The van der Waals surface area contributed by atoms with Gasteiger partial charge < -0.3 is 14.4 Å². The number of aromatic nitrogens is 1. The summed E-state index contributed by atoms with van der Waals surface area (Å²) in [5.41, 5.74) is 6.13. The molecule has 3 aromatic rings. The van der Waals surface area contributed by atoms with E-state index in [0.29, 0.717) is 32.6 Å². The molecule has 1 radical (unpaired) electrons. The molecule has 1 aromatic heterocycles. The first-order valence-electron chi connectivity index (χ1n) is 13.0. The van der Waals surface area contributed by atoms with Crippen LogP contribution in [-0.2, 0) is 20.7 Å². The van der Waals surface area contributed by atoms with E-state index in [-0.39, 0.29) is 17.9 Å². The summed E-state index contributed by atoms with van der Waals surface area (Å²) in [6.07, 6.45) is 4.39. The third-order valence-corrected chi connectivity index (χ3v) is 6.79. The molecule has 1 aliphatic carbocycles. The second-order valence-corrected chi connectivity index (χ2v) is 9.46. The number of ether oxygens (including phenoxy) is 2. The lowest BCUT2D eigenvalue weighted by Gasteiger charge is -2.34. The van der Waals surface area contributed by atoms with Gasteiger partial charge in [-0.15, -0.1) is 0 Å². The number of amides is 1. The normalized spacial score (nSPS) is 12.9. The third kappa shape index (κ3) is 5.85. The lowest BCUT2D eigenvalue weighted by Crippen LogP contribution is -2.46. The Kier molecular flexibility index (Phi) is 8.89. The van der Waals surface area contributed by atoms with E-state index in [1.807, 2.05) is 37.1 Å². The highest BCUT2D eigenvalue weighted by atomic mass is 16.7. The van der Waals surface area contributed by atoms with E-state index in [4.69, 9.17) is 9.47 Å². The van der Waals surface area contributed by atoms with E-state index >= 15 is 0 Å². The molecule has 0 fully saturated rings. The minimum absolute atomic E-state index is 0.00737. The molecule has 0 bridgehead atoms. The number of nitrogens with zero attached hydrogens (tertiary/aromatic N) is 2. The zero-order chi connectivity index (χ0) is 25.5. The van der Waals surface area contributed by atoms with Crippen LogP contribution in [-0.4, -0.2) is 47.9 Å². The van der Waals surface area contributed by atoms with Crippen molar-refractivity contribution in [3.05, 3.63) is 95.7 Å². The molecule has 0 saturated heterocycles. The molecular formula is C31H37N2O3. The van der Waals surface area contributed by atoms with Gasteiger partial charge in [0.15, 0.2) is 6.29 Å². The zero-order valence-electron chi connectivity index (χ0n) is 21.8. The monoisotopic (exact) mass is 485 g/mol. The first-order chi connectivity index (χ1) is 17.5. The fraction of sp³-hybridized carbons (Fsp3) is 0.387. The molecule has 5 nitrogen and oxygen atoms in total. The van der Waals surface area contributed by atoms with E-state index < -0.39 is 6.29 Å². The van der Waals surface area contributed by atoms with Crippen LogP contribution < -0.4 is 0 Å². The summed E-state index contributed by atoms with van der Waals surface area (Å²) in [7, 11) is 0. The van der Waals surface area contributed by atoms with Gasteiger partial charge in [-0.3, -0.25) is 9.78 Å². The smallest absolute Gasteiger partial charge is 0.230 e. The van der Waals surface area contributed by atoms with Crippen LogP contribution in [0.2, 0.25) is 0 Å². The second-order valence-electron chi connectivity index (χ2n) is 9.46. The molecule has 0 N–H and O–H groups in total. The van der Waals surface area contributed by atoms with Crippen LogP contribution in [0.25, 0.3) is 11.1 Å². The largest absolute Gasteiger partial charge is 0.351 e. The van der Waals surface area contributed by atoms with Crippen LogP contribution in [0.15, 0.2) is 73.1 Å². The van der Waals surface area contributed by atoms with E-state index in [9.17, 15) is 4.79 Å². The van der Waals surface area contributed by atoms with Crippen molar-refractivity contribution in [2.75, 3.05) is 19.8 Å². The fourth-order valence-electron chi connectivity index (χ4n) is 5.13. The molecule has 0 saturated carbocycles. The van der Waals surface area contributed by atoms with Crippen molar-refractivity contribution in [2.45, 2.75) is 58.8 Å². The molecule has 0 unspecified atom stereocenters. The van der Waals surface area contributed by atoms with Gasteiger partial charge in [0.05, 0.1) is 12.5 Å². The van der Waals surface area contributed by atoms with Gasteiger partial charge in [0, 0.05) is 37.6 Å². The minimum atomic E-state index is -0.445. The van der Waals surface area contributed by atoms with Crippen molar-refractivity contribution in [1.29, 1.82) is 0 Å². The minimum Gasteiger partial charge on any atom is -0.351 e. The number of carbonyl (C=O) groups excluding carboxylic acids is 1. The summed E-state index contributed by atoms with van der Waals surface area (Å²) in [5.74, 6) is 1.07. The second kappa shape index (κ2) is 12.3. The number of benzene rings is 2. The molecule has 4 rings (SSSR count). The molecule has 0 aliphatic heterocycles. The summed E-state index contributed by atoms with van der Waals surface area (Å²) in [6.45, 7) is 9.46. The van der Waals surface area contributed by atoms with Crippen LogP contribution in [0.1, 0.15) is 56.7 Å². The molecular weight excluding hydrogens is 448 g/mol. The van der Waals surface area contributed by atoms with Crippen LogP contribution in [0.5, 0.6) is 0 Å². The summed E-state index contributed by atoms with van der Waals surface area (Å²) in [4.78, 5) is 20.4. The van der Waals surface area contributed by atoms with Gasteiger partial charge in [-0.2, -0.15) is 0 Å². The number of rotatable bonds is 12. The van der Waals surface area contributed by atoms with E-state index in [1.54, 1.807) is 6.20 Å². The molecule has 189 valence electrons. The lowest BCUT2D eigenvalue weighted by molar-refractivity contribution is -0.160. The maximum Gasteiger partial charge on any atom is 0.230 e. The highest BCUT2D eigenvalue weighted by molar-refractivity contribution is 5.91. The number of fused-ring (bicyclic) bond motifs is 3. The summed E-state index contributed by atoms with van der Waals surface area (Å²) >= 11 is 0. The highest BCUT2D eigenvalue weighted by Gasteiger charge is 2.35. The summed E-state index contributed by atoms with van der Waals surface area (Å²) < 4.78 is 11.6. The third-order valence-electron chi connectivity index (χ3n) is 6.79. The van der Waals surface area contributed by atoms with Crippen molar-refractivity contribution in [3.63, 3.8) is 0 Å². The maximum absolute atomic E-state index is 14.2. The van der Waals surface area contributed by atoms with Gasteiger partial charge in [-0.05, 0) is 74.4 Å². The van der Waals surface area contributed by atoms with Gasteiger partial charge in [-0.25, -0.2) is 0 Å². The number of pyridine rings is 1. The van der Waals surface area contributed by atoms with Gasteiger partial charge in [-0.1, -0.05) is 54.6 Å². The van der Waals surface area contributed by atoms with Crippen LogP contribution in [0.4, 0.5) is 0 Å². The Morgan fingerprint density at radius 2 is 1.53 bits per heavy atom. The topological polar surface area (TPSA) is 51.7 Å². The van der Waals surface area contributed by atoms with Gasteiger partial charge in [0.1, 0.15) is 0 Å². The number of hydrogen-bond donors (Lipinski definition) is 0. The van der Waals surface area contributed by atoms with Crippen LogP contribution >= 0.6 is 0 Å². The standard InChI is InChI=1S/C31H37N2O3/c1-5-35-30(36-6-2)21-33(22(3)4)31(34)24(18-23-12-11-17-32-20-23)19-29-27-15-9-7-13-25(27)26-14-8-10-16-28(26)29/h7-17,20,22,29-30H,5-6,18-19,21H2,1-4H3. The Hall–Kier alpha value is -3.02. The van der Waals surface area contributed by atoms with Crippen molar-refractivity contribution < 1.29 is 14.3 Å².